The highest BCUT2D eigenvalue weighted by atomic mass is 32.2. The summed E-state index contributed by atoms with van der Waals surface area (Å²) in [5.41, 5.74) is 2.60. The molecule has 1 amide bonds. The second-order valence-electron chi connectivity index (χ2n) is 7.50. The molecular weight excluding hydrogens is 386 g/mol. The summed E-state index contributed by atoms with van der Waals surface area (Å²) in [5.74, 6) is 2.26. The first-order valence-electron chi connectivity index (χ1n) is 10.0. The van der Waals surface area contributed by atoms with Gasteiger partial charge in [0.1, 0.15) is 25.1 Å². The van der Waals surface area contributed by atoms with Gasteiger partial charge in [0.15, 0.2) is 11.5 Å². The number of thioether (sulfide) groups is 1. The fraction of sp³-hybridized carbons (Fsp3) is 0.455. The third kappa shape index (κ3) is 3.95. The van der Waals surface area contributed by atoms with E-state index in [0.29, 0.717) is 30.6 Å². The lowest BCUT2D eigenvalue weighted by Gasteiger charge is -2.19. The number of carbonyl (C=O) groups is 1. The first-order chi connectivity index (χ1) is 14.1. The summed E-state index contributed by atoms with van der Waals surface area (Å²) >= 11 is 1.44. The Balaban J connectivity index is 1.48. The molecule has 4 rings (SSSR count). The molecule has 0 unspecified atom stereocenters. The predicted molar refractivity (Wildman–Crippen MR) is 113 cm³/mol. The lowest BCUT2D eigenvalue weighted by atomic mass is 10.2. The Bertz CT molecular complexity index is 971. The molecule has 2 heterocycles. The molecule has 0 saturated heterocycles. The summed E-state index contributed by atoms with van der Waals surface area (Å²) in [6.07, 6.45) is 4.57. The maximum Gasteiger partial charge on any atom is 0.235 e. The van der Waals surface area contributed by atoms with Crippen LogP contribution in [0.2, 0.25) is 0 Å². The molecule has 1 aromatic heterocycles. The van der Waals surface area contributed by atoms with Crippen LogP contribution in [-0.4, -0.2) is 29.4 Å². The van der Waals surface area contributed by atoms with E-state index < -0.39 is 0 Å². The minimum Gasteiger partial charge on any atom is -0.486 e. The minimum atomic E-state index is -0.113. The second kappa shape index (κ2) is 8.42. The number of rotatable bonds is 5. The molecule has 2 aliphatic rings. The van der Waals surface area contributed by atoms with Crippen LogP contribution in [0.3, 0.4) is 0 Å². The van der Waals surface area contributed by atoms with Crippen molar-refractivity contribution in [2.24, 2.45) is 0 Å². The molecule has 0 radical (unpaired) electrons. The number of hydrogen-bond donors (Lipinski definition) is 1. The van der Waals surface area contributed by atoms with Gasteiger partial charge in [-0.25, -0.2) is 0 Å². The number of carbonyl (C=O) groups excluding carboxylic acids is 1. The van der Waals surface area contributed by atoms with Gasteiger partial charge in [0.2, 0.25) is 5.91 Å². The number of ether oxygens (including phenoxy) is 2. The van der Waals surface area contributed by atoms with Crippen molar-refractivity contribution >= 4 is 23.5 Å². The highest BCUT2D eigenvalue weighted by Gasteiger charge is 2.26. The molecule has 7 heteroatoms. The summed E-state index contributed by atoms with van der Waals surface area (Å²) in [4.78, 5) is 13.7. The van der Waals surface area contributed by atoms with E-state index in [1.165, 1.54) is 24.6 Å². The van der Waals surface area contributed by atoms with Gasteiger partial charge in [0, 0.05) is 16.6 Å². The van der Waals surface area contributed by atoms with E-state index in [1.807, 2.05) is 32.0 Å². The van der Waals surface area contributed by atoms with Crippen LogP contribution in [0.1, 0.15) is 48.5 Å². The Hall–Kier alpha value is -2.59. The molecule has 0 spiro atoms. The summed E-state index contributed by atoms with van der Waals surface area (Å²) < 4.78 is 13.3. The molecule has 1 N–H and O–H groups in total. The standard InChI is InChI=1S/C22H25N3O3S/c1-14-15(2)25(16-5-3-4-6-16)22(18(14)12-23)24-21(26)13-29-17-7-8-19-20(11-17)28-10-9-27-19/h7-8,11,16H,3-6,9-10,13H2,1-2H3,(H,24,26). The molecule has 0 bridgehead atoms. The average Bonchev–Trinajstić information content (AvgIpc) is 3.33. The number of hydrogen-bond acceptors (Lipinski definition) is 5. The van der Waals surface area contributed by atoms with Crippen LogP contribution in [0.15, 0.2) is 23.1 Å². The van der Waals surface area contributed by atoms with Crippen molar-refractivity contribution in [1.29, 1.82) is 5.26 Å². The summed E-state index contributed by atoms with van der Waals surface area (Å²) in [5, 5.41) is 12.7. The van der Waals surface area contributed by atoms with Crippen LogP contribution in [0.25, 0.3) is 0 Å². The van der Waals surface area contributed by atoms with Crippen LogP contribution < -0.4 is 14.8 Å². The number of anilines is 1. The topological polar surface area (TPSA) is 76.3 Å². The Morgan fingerprint density at radius 3 is 2.69 bits per heavy atom. The van der Waals surface area contributed by atoms with Gasteiger partial charge in [-0.15, -0.1) is 11.8 Å². The molecule has 1 aliphatic carbocycles. The van der Waals surface area contributed by atoms with E-state index in [1.54, 1.807) is 0 Å². The number of nitriles is 1. The lowest BCUT2D eigenvalue weighted by Crippen LogP contribution is -2.19. The summed E-state index contributed by atoms with van der Waals surface area (Å²) in [7, 11) is 0. The van der Waals surface area contributed by atoms with Crippen molar-refractivity contribution < 1.29 is 14.3 Å². The first-order valence-corrected chi connectivity index (χ1v) is 11.0. The van der Waals surface area contributed by atoms with Gasteiger partial charge < -0.3 is 19.4 Å². The Morgan fingerprint density at radius 2 is 1.97 bits per heavy atom. The molecule has 29 heavy (non-hydrogen) atoms. The van der Waals surface area contributed by atoms with Gasteiger partial charge >= 0.3 is 0 Å². The first kappa shape index (κ1) is 19.7. The van der Waals surface area contributed by atoms with E-state index in [4.69, 9.17) is 9.47 Å². The number of amides is 1. The number of fused-ring (bicyclic) bond motifs is 1. The number of benzene rings is 1. The molecule has 6 nitrogen and oxygen atoms in total. The minimum absolute atomic E-state index is 0.113. The third-order valence-electron chi connectivity index (χ3n) is 5.70. The zero-order valence-electron chi connectivity index (χ0n) is 16.8. The predicted octanol–water partition coefficient (Wildman–Crippen LogP) is 4.59. The van der Waals surface area contributed by atoms with Crippen molar-refractivity contribution in [3.05, 3.63) is 35.0 Å². The van der Waals surface area contributed by atoms with Gasteiger partial charge in [-0.05, 0) is 50.5 Å². The van der Waals surface area contributed by atoms with Gasteiger partial charge in [0.05, 0.1) is 11.3 Å². The molecule has 2 aromatic rings. The highest BCUT2D eigenvalue weighted by Crippen LogP contribution is 2.38. The molecular formula is C22H25N3O3S. The van der Waals surface area contributed by atoms with E-state index in [-0.39, 0.29) is 11.7 Å². The maximum atomic E-state index is 12.7. The molecule has 152 valence electrons. The van der Waals surface area contributed by atoms with Gasteiger partial charge in [-0.3, -0.25) is 4.79 Å². The smallest absolute Gasteiger partial charge is 0.235 e. The largest absolute Gasteiger partial charge is 0.486 e. The molecule has 1 aliphatic heterocycles. The van der Waals surface area contributed by atoms with Crippen LogP contribution in [0.4, 0.5) is 5.82 Å². The van der Waals surface area contributed by atoms with Crippen LogP contribution in [-0.2, 0) is 4.79 Å². The third-order valence-corrected chi connectivity index (χ3v) is 6.69. The summed E-state index contributed by atoms with van der Waals surface area (Å²) in [6.45, 7) is 5.09. The van der Waals surface area contributed by atoms with E-state index >= 15 is 0 Å². The fourth-order valence-electron chi connectivity index (χ4n) is 4.14. The fourth-order valence-corrected chi connectivity index (χ4v) is 4.86. The van der Waals surface area contributed by atoms with Crippen molar-refractivity contribution in [1.82, 2.24) is 4.57 Å². The SMILES string of the molecule is Cc1c(C#N)c(NC(=O)CSc2ccc3c(c2)OCCO3)n(C2CCCC2)c1C. The van der Waals surface area contributed by atoms with Crippen LogP contribution >= 0.6 is 11.8 Å². The lowest BCUT2D eigenvalue weighted by molar-refractivity contribution is -0.113. The highest BCUT2D eigenvalue weighted by molar-refractivity contribution is 8.00. The molecule has 1 fully saturated rings. The normalized spacial score (nSPS) is 15.9. The summed E-state index contributed by atoms with van der Waals surface area (Å²) in [6, 6.07) is 8.36. The van der Waals surface area contributed by atoms with Crippen LogP contribution in [0.5, 0.6) is 11.5 Å². The van der Waals surface area contributed by atoms with Gasteiger partial charge in [0.25, 0.3) is 0 Å². The van der Waals surface area contributed by atoms with E-state index in [0.717, 1.165) is 40.5 Å². The quantitative estimate of drug-likeness (QED) is 0.728. The van der Waals surface area contributed by atoms with Gasteiger partial charge in [-0.1, -0.05) is 12.8 Å². The Kier molecular flexibility index (Phi) is 5.72. The number of nitrogens with one attached hydrogen (secondary N) is 1. The average molecular weight is 412 g/mol. The monoisotopic (exact) mass is 411 g/mol. The number of nitrogens with zero attached hydrogens (tertiary/aromatic N) is 2. The van der Waals surface area contributed by atoms with Crippen molar-refractivity contribution in [3.8, 4) is 17.6 Å². The zero-order chi connectivity index (χ0) is 20.4. The molecule has 1 aromatic carbocycles. The van der Waals surface area contributed by atoms with E-state index in [9.17, 15) is 10.1 Å². The maximum absolute atomic E-state index is 12.7. The molecule has 0 atom stereocenters. The Morgan fingerprint density at radius 1 is 1.24 bits per heavy atom. The van der Waals surface area contributed by atoms with E-state index in [2.05, 4.69) is 16.0 Å². The Labute approximate surface area is 175 Å². The van der Waals surface area contributed by atoms with Crippen LogP contribution in [0, 0.1) is 25.2 Å². The zero-order valence-corrected chi connectivity index (χ0v) is 17.6. The second-order valence-corrected chi connectivity index (χ2v) is 8.55. The van der Waals surface area contributed by atoms with Crippen molar-refractivity contribution in [2.75, 3.05) is 24.3 Å². The van der Waals surface area contributed by atoms with Crippen molar-refractivity contribution in [3.63, 3.8) is 0 Å². The van der Waals surface area contributed by atoms with Gasteiger partial charge in [-0.2, -0.15) is 5.26 Å². The van der Waals surface area contributed by atoms with Crippen molar-refractivity contribution in [2.45, 2.75) is 50.5 Å². The molecule has 1 saturated carbocycles. The number of aromatic nitrogens is 1.